The van der Waals surface area contributed by atoms with Gasteiger partial charge in [-0.05, 0) is 24.3 Å². The number of aromatic amines is 1. The molecule has 2 aromatic rings. The van der Waals surface area contributed by atoms with Gasteiger partial charge in [-0.25, -0.2) is 4.98 Å². The van der Waals surface area contributed by atoms with E-state index in [-0.39, 0.29) is 5.56 Å². The van der Waals surface area contributed by atoms with E-state index in [4.69, 9.17) is 0 Å². The molecular formula is C10H11N3OS. The molecule has 4 nitrogen and oxygen atoms in total. The van der Waals surface area contributed by atoms with Crippen LogP contribution in [-0.4, -0.2) is 23.1 Å². The highest BCUT2D eigenvalue weighted by Gasteiger charge is 2.15. The van der Waals surface area contributed by atoms with Gasteiger partial charge in [-0.3, -0.25) is 9.78 Å². The molecular weight excluding hydrogens is 210 g/mol. The van der Waals surface area contributed by atoms with Crippen molar-refractivity contribution < 1.29 is 0 Å². The molecule has 2 aromatic heterocycles. The third-order valence-corrected chi connectivity index (χ3v) is 3.61. The summed E-state index contributed by atoms with van der Waals surface area (Å²) in [4.78, 5) is 21.1. The van der Waals surface area contributed by atoms with Gasteiger partial charge < -0.3 is 4.90 Å². The number of aromatic nitrogens is 2. The van der Waals surface area contributed by atoms with Gasteiger partial charge in [-0.2, -0.15) is 0 Å². The van der Waals surface area contributed by atoms with Gasteiger partial charge in [0.05, 0.1) is 5.52 Å². The van der Waals surface area contributed by atoms with E-state index < -0.39 is 0 Å². The third-order valence-electron chi connectivity index (χ3n) is 2.71. The van der Waals surface area contributed by atoms with Crippen molar-refractivity contribution in [2.45, 2.75) is 12.8 Å². The summed E-state index contributed by atoms with van der Waals surface area (Å²) >= 11 is 1.44. The summed E-state index contributed by atoms with van der Waals surface area (Å²) in [6.07, 6.45) is 2.37. The second kappa shape index (κ2) is 3.34. The van der Waals surface area contributed by atoms with E-state index in [2.05, 4.69) is 14.9 Å². The highest BCUT2D eigenvalue weighted by molar-refractivity contribution is 7.17. The van der Waals surface area contributed by atoms with Crippen LogP contribution >= 0.6 is 11.3 Å². The predicted molar refractivity (Wildman–Crippen MR) is 61.7 cm³/mol. The Labute approximate surface area is 90.6 Å². The van der Waals surface area contributed by atoms with Crippen LogP contribution in [0.2, 0.25) is 0 Å². The highest BCUT2D eigenvalue weighted by atomic mass is 32.1. The fourth-order valence-electron chi connectivity index (χ4n) is 1.94. The molecule has 1 aliphatic rings. The van der Waals surface area contributed by atoms with Gasteiger partial charge in [0, 0.05) is 13.1 Å². The lowest BCUT2D eigenvalue weighted by Gasteiger charge is -2.14. The molecule has 15 heavy (non-hydrogen) atoms. The molecule has 0 aromatic carbocycles. The predicted octanol–water partition coefficient (Wildman–Crippen LogP) is 1.58. The molecule has 1 aliphatic heterocycles. The van der Waals surface area contributed by atoms with Gasteiger partial charge in [-0.1, -0.05) is 0 Å². The Kier molecular flexibility index (Phi) is 1.98. The number of rotatable bonds is 1. The molecule has 0 amide bonds. The Morgan fingerprint density at radius 2 is 2.20 bits per heavy atom. The standard InChI is InChI=1S/C10H11N3OS/c14-9-8-7(3-6-15-8)11-10(12-9)13-4-1-2-5-13/h3,6H,1-2,4-5H2,(H,11,12,14). The third kappa shape index (κ3) is 1.43. The first-order valence-corrected chi connectivity index (χ1v) is 5.95. The molecule has 1 fully saturated rings. The first-order valence-electron chi connectivity index (χ1n) is 5.07. The number of nitrogens with zero attached hydrogens (tertiary/aromatic N) is 2. The largest absolute Gasteiger partial charge is 0.342 e. The zero-order chi connectivity index (χ0) is 10.3. The van der Waals surface area contributed by atoms with E-state index in [0.717, 1.165) is 29.3 Å². The zero-order valence-corrected chi connectivity index (χ0v) is 9.01. The molecule has 1 saturated heterocycles. The van der Waals surface area contributed by atoms with Crippen LogP contribution in [0.25, 0.3) is 10.2 Å². The van der Waals surface area contributed by atoms with E-state index in [1.165, 1.54) is 24.2 Å². The van der Waals surface area contributed by atoms with Crippen LogP contribution in [-0.2, 0) is 0 Å². The molecule has 0 bridgehead atoms. The van der Waals surface area contributed by atoms with Crippen molar-refractivity contribution in [2.75, 3.05) is 18.0 Å². The highest BCUT2D eigenvalue weighted by Crippen LogP contribution is 2.19. The maximum absolute atomic E-state index is 11.7. The topological polar surface area (TPSA) is 49.0 Å². The van der Waals surface area contributed by atoms with Crippen LogP contribution in [0.1, 0.15) is 12.8 Å². The van der Waals surface area contributed by atoms with Crippen molar-refractivity contribution in [3.05, 3.63) is 21.8 Å². The van der Waals surface area contributed by atoms with Crippen LogP contribution in [0.4, 0.5) is 5.95 Å². The SMILES string of the molecule is O=c1[nH]c(N2CCCC2)nc2ccsc12. The van der Waals surface area contributed by atoms with E-state index in [1.807, 2.05) is 11.4 Å². The fourth-order valence-corrected chi connectivity index (χ4v) is 2.67. The second-order valence-corrected chi connectivity index (χ2v) is 4.63. The number of hydrogen-bond acceptors (Lipinski definition) is 4. The fraction of sp³-hybridized carbons (Fsp3) is 0.400. The van der Waals surface area contributed by atoms with E-state index in [9.17, 15) is 4.79 Å². The zero-order valence-electron chi connectivity index (χ0n) is 8.19. The first kappa shape index (κ1) is 8.91. The number of fused-ring (bicyclic) bond motifs is 1. The smallest absolute Gasteiger partial charge is 0.270 e. The average molecular weight is 221 g/mol. The molecule has 0 spiro atoms. The molecule has 0 radical (unpaired) electrons. The number of thiophene rings is 1. The van der Waals surface area contributed by atoms with Gasteiger partial charge in [0.1, 0.15) is 4.70 Å². The van der Waals surface area contributed by atoms with Crippen molar-refractivity contribution in [1.29, 1.82) is 0 Å². The summed E-state index contributed by atoms with van der Waals surface area (Å²) in [5.74, 6) is 0.725. The Morgan fingerprint density at radius 1 is 1.40 bits per heavy atom. The Morgan fingerprint density at radius 3 is 3.00 bits per heavy atom. The molecule has 0 saturated carbocycles. The lowest BCUT2D eigenvalue weighted by atomic mass is 10.4. The van der Waals surface area contributed by atoms with Gasteiger partial charge in [0.15, 0.2) is 0 Å². The summed E-state index contributed by atoms with van der Waals surface area (Å²) < 4.78 is 0.720. The number of nitrogens with one attached hydrogen (secondary N) is 1. The Bertz CT molecular complexity index is 539. The maximum atomic E-state index is 11.7. The summed E-state index contributed by atoms with van der Waals surface area (Å²) in [5, 5.41) is 1.90. The van der Waals surface area contributed by atoms with E-state index in [0.29, 0.717) is 0 Å². The van der Waals surface area contributed by atoms with Crippen molar-refractivity contribution in [3.63, 3.8) is 0 Å². The summed E-state index contributed by atoms with van der Waals surface area (Å²) in [5.41, 5.74) is 0.794. The minimum atomic E-state index is -0.0168. The lowest BCUT2D eigenvalue weighted by Crippen LogP contribution is -2.23. The molecule has 3 rings (SSSR count). The first-order chi connectivity index (χ1) is 7.34. The summed E-state index contributed by atoms with van der Waals surface area (Å²) in [6, 6.07) is 1.90. The van der Waals surface area contributed by atoms with Crippen LogP contribution in [0.5, 0.6) is 0 Å². The average Bonchev–Trinajstić information content (AvgIpc) is 2.88. The normalized spacial score (nSPS) is 16.4. The summed E-state index contributed by atoms with van der Waals surface area (Å²) in [6.45, 7) is 2.00. The minimum absolute atomic E-state index is 0.0168. The van der Waals surface area contributed by atoms with Crippen LogP contribution in [0.15, 0.2) is 16.2 Å². The number of H-pyrrole nitrogens is 1. The van der Waals surface area contributed by atoms with E-state index in [1.54, 1.807) is 0 Å². The van der Waals surface area contributed by atoms with Crippen LogP contribution in [0, 0.1) is 0 Å². The minimum Gasteiger partial charge on any atom is -0.342 e. The number of anilines is 1. The molecule has 0 aliphatic carbocycles. The lowest BCUT2D eigenvalue weighted by molar-refractivity contribution is 0.901. The Balaban J connectivity index is 2.15. The van der Waals surface area contributed by atoms with Gasteiger partial charge in [-0.15, -0.1) is 11.3 Å². The molecule has 5 heteroatoms. The van der Waals surface area contributed by atoms with Crippen LogP contribution < -0.4 is 10.5 Å². The molecule has 78 valence electrons. The monoisotopic (exact) mass is 221 g/mol. The van der Waals surface area contributed by atoms with Gasteiger partial charge in [0.25, 0.3) is 5.56 Å². The van der Waals surface area contributed by atoms with Crippen LogP contribution in [0.3, 0.4) is 0 Å². The second-order valence-electron chi connectivity index (χ2n) is 3.72. The van der Waals surface area contributed by atoms with Crippen molar-refractivity contribution in [3.8, 4) is 0 Å². The van der Waals surface area contributed by atoms with Gasteiger partial charge >= 0.3 is 0 Å². The molecule has 0 atom stereocenters. The summed E-state index contributed by atoms with van der Waals surface area (Å²) in [7, 11) is 0. The van der Waals surface area contributed by atoms with Crippen molar-refractivity contribution in [2.24, 2.45) is 0 Å². The number of hydrogen-bond donors (Lipinski definition) is 1. The molecule has 3 heterocycles. The van der Waals surface area contributed by atoms with Crippen molar-refractivity contribution in [1.82, 2.24) is 9.97 Å². The maximum Gasteiger partial charge on any atom is 0.270 e. The van der Waals surface area contributed by atoms with E-state index >= 15 is 0 Å². The molecule has 1 N–H and O–H groups in total. The van der Waals surface area contributed by atoms with Crippen molar-refractivity contribution >= 4 is 27.5 Å². The Hall–Kier alpha value is -1.36. The molecule has 0 unspecified atom stereocenters. The quantitative estimate of drug-likeness (QED) is 0.795. The van der Waals surface area contributed by atoms with Gasteiger partial charge in [0.2, 0.25) is 5.95 Å².